The van der Waals surface area contributed by atoms with Crippen LogP contribution in [0.25, 0.3) is 0 Å². The number of nitrogen functional groups attached to an aromatic ring is 2. The molecule has 68 heavy (non-hydrogen) atoms. The highest BCUT2D eigenvalue weighted by atomic mass is 16.4. The zero-order valence-electron chi connectivity index (χ0n) is 35.8. The highest BCUT2D eigenvalue weighted by Crippen LogP contribution is 2.28. The van der Waals surface area contributed by atoms with Crippen LogP contribution < -0.4 is 64.3 Å². The van der Waals surface area contributed by atoms with E-state index in [9.17, 15) is 58.2 Å². The summed E-state index contributed by atoms with van der Waals surface area (Å²) in [5, 5.41) is 52.6. The molecule has 0 saturated heterocycles. The maximum absolute atomic E-state index is 12.4. The fourth-order valence-corrected chi connectivity index (χ4v) is 7.08. The third-order valence-electron chi connectivity index (χ3n) is 10.6. The molecule has 28 heteroatoms. The molecule has 4 atom stereocenters. The fourth-order valence-electron chi connectivity index (χ4n) is 7.08. The van der Waals surface area contributed by atoms with E-state index in [1.165, 1.54) is 23.2 Å². The number of H-pyrrole nitrogens is 2. The maximum atomic E-state index is 12.4. The van der Waals surface area contributed by atoms with E-state index in [1.807, 2.05) is 6.08 Å². The van der Waals surface area contributed by atoms with Crippen molar-refractivity contribution >= 4 is 89.1 Å². The number of nitrogens with two attached hydrogens (primary N) is 2. The van der Waals surface area contributed by atoms with E-state index in [2.05, 4.69) is 51.8 Å². The number of rotatable bonds is 20. The van der Waals surface area contributed by atoms with Gasteiger partial charge in [-0.3, -0.25) is 53.2 Å². The van der Waals surface area contributed by atoms with Crippen molar-refractivity contribution in [2.45, 2.75) is 63.1 Å². The molecule has 0 radical (unpaired) electrons. The number of hydrogen-bond acceptors (Lipinski definition) is 18. The molecule has 4 heterocycles. The summed E-state index contributed by atoms with van der Waals surface area (Å²) in [5.41, 5.74) is 12.1. The minimum Gasteiger partial charge on any atom is -0.481 e. The summed E-state index contributed by atoms with van der Waals surface area (Å²) in [5.74, 6) is -6.23. The van der Waals surface area contributed by atoms with E-state index >= 15 is 0 Å². The van der Waals surface area contributed by atoms with Gasteiger partial charge < -0.3 is 68.7 Å². The summed E-state index contributed by atoms with van der Waals surface area (Å²) in [6, 6.07) is 3.10. The molecule has 0 bridgehead atoms. The minimum absolute atomic E-state index is 0.0220. The van der Waals surface area contributed by atoms with Crippen molar-refractivity contribution in [3.05, 3.63) is 74.2 Å². The number of anilines is 7. The molecule has 1 aromatic carbocycles. The van der Waals surface area contributed by atoms with Gasteiger partial charge >= 0.3 is 23.9 Å². The Morgan fingerprint density at radius 1 is 0.809 bits per heavy atom. The molecule has 362 valence electrons. The lowest BCUT2D eigenvalue weighted by Crippen LogP contribution is -2.50. The highest BCUT2D eigenvalue weighted by molar-refractivity contribution is 5.97. The lowest BCUT2D eigenvalue weighted by atomic mass is 9.91. The summed E-state index contributed by atoms with van der Waals surface area (Å²) >= 11 is 0. The number of carboxylic acid groups (broad SMARTS) is 4. The molecule has 4 amide bonds. The topological polar surface area (TPSA) is 440 Å². The largest absolute Gasteiger partial charge is 0.481 e. The predicted octanol–water partition coefficient (Wildman–Crippen LogP) is -1.44. The van der Waals surface area contributed by atoms with Crippen molar-refractivity contribution in [2.75, 3.05) is 56.9 Å². The highest BCUT2D eigenvalue weighted by Gasteiger charge is 2.31. The van der Waals surface area contributed by atoms with Gasteiger partial charge in [-0.25, -0.2) is 9.59 Å². The lowest BCUT2D eigenvalue weighted by molar-refractivity contribution is -0.144. The molecule has 1 aliphatic carbocycles. The van der Waals surface area contributed by atoms with Crippen molar-refractivity contribution < 1.29 is 58.8 Å². The Morgan fingerprint density at radius 3 is 1.97 bits per heavy atom. The SMILES string of the molecule is Nc1nc2c(c(=O)[nH]1)N(C=O)C(CNC1=CCC(C(=O)N[C@@H](CCC(=O)O)C(=O)O)CC1)=CN2.Nc1nc2c(c(=O)[nH]1)N(C=O)C(CNc1ccc(C(=O)NC(CCC(=O)O)C(=O)O)cc1)CN2. The summed E-state index contributed by atoms with van der Waals surface area (Å²) < 4.78 is 0. The normalized spacial score (nSPS) is 16.6. The van der Waals surface area contributed by atoms with Gasteiger partial charge in [-0.1, -0.05) is 6.08 Å². The number of aromatic amines is 2. The fraction of sp³-hybridized carbons (Fsp3) is 0.350. The average molecular weight is 949 g/mol. The molecule has 3 aromatic rings. The first kappa shape index (κ1) is 50.0. The molecule has 28 nitrogen and oxygen atoms in total. The van der Waals surface area contributed by atoms with Gasteiger partial charge in [0.2, 0.25) is 30.6 Å². The van der Waals surface area contributed by atoms with Crippen molar-refractivity contribution in [1.82, 2.24) is 35.9 Å². The van der Waals surface area contributed by atoms with Crippen LogP contribution in [-0.4, -0.2) is 127 Å². The van der Waals surface area contributed by atoms with Crippen molar-refractivity contribution in [2.24, 2.45) is 5.92 Å². The van der Waals surface area contributed by atoms with Crippen LogP contribution in [0, 0.1) is 5.92 Å². The third-order valence-corrected chi connectivity index (χ3v) is 10.6. The van der Waals surface area contributed by atoms with Gasteiger partial charge in [0.05, 0.1) is 18.3 Å². The Morgan fingerprint density at radius 2 is 1.41 bits per heavy atom. The van der Waals surface area contributed by atoms with Gasteiger partial charge in [0.25, 0.3) is 17.0 Å². The predicted molar refractivity (Wildman–Crippen MR) is 240 cm³/mol. The van der Waals surface area contributed by atoms with Crippen molar-refractivity contribution in [1.29, 1.82) is 0 Å². The Hall–Kier alpha value is -8.98. The second-order valence-electron chi connectivity index (χ2n) is 15.2. The lowest BCUT2D eigenvalue weighted by Gasteiger charge is -2.34. The number of allylic oxidation sites excluding steroid dienone is 2. The van der Waals surface area contributed by atoms with E-state index in [1.54, 1.807) is 12.1 Å². The Balaban J connectivity index is 0.000000254. The van der Waals surface area contributed by atoms with Crippen molar-refractivity contribution in [3.8, 4) is 0 Å². The smallest absolute Gasteiger partial charge is 0.326 e. The second-order valence-corrected chi connectivity index (χ2v) is 15.2. The molecule has 0 saturated carbocycles. The van der Waals surface area contributed by atoms with Gasteiger partial charge in [0, 0.05) is 55.0 Å². The van der Waals surface area contributed by atoms with Crippen molar-refractivity contribution in [3.63, 3.8) is 0 Å². The van der Waals surface area contributed by atoms with Crippen LogP contribution in [0.4, 0.5) is 40.6 Å². The quantitative estimate of drug-likeness (QED) is 0.0577. The van der Waals surface area contributed by atoms with Crippen LogP contribution >= 0.6 is 0 Å². The number of nitrogens with one attached hydrogen (secondary N) is 8. The van der Waals surface area contributed by atoms with Gasteiger partial charge in [-0.2, -0.15) is 9.97 Å². The Kier molecular flexibility index (Phi) is 16.8. The Labute approximate surface area is 383 Å². The molecular weight excluding hydrogens is 901 g/mol. The van der Waals surface area contributed by atoms with Crippen LogP contribution in [-0.2, 0) is 33.6 Å². The van der Waals surface area contributed by atoms with E-state index in [0.29, 0.717) is 50.0 Å². The third kappa shape index (κ3) is 13.1. The van der Waals surface area contributed by atoms with Crippen LogP contribution in [0.5, 0.6) is 0 Å². The number of aromatic nitrogens is 4. The molecule has 3 aliphatic rings. The number of nitrogens with zero attached hydrogens (tertiary/aromatic N) is 4. The zero-order chi connectivity index (χ0) is 49.7. The number of carboxylic acids is 4. The van der Waals surface area contributed by atoms with E-state index in [-0.39, 0.29) is 72.8 Å². The number of carbonyl (C=O) groups excluding carboxylic acids is 4. The van der Waals surface area contributed by atoms with Gasteiger partial charge in [-0.15, -0.1) is 0 Å². The van der Waals surface area contributed by atoms with Gasteiger partial charge in [0.15, 0.2) is 23.0 Å². The summed E-state index contributed by atoms with van der Waals surface area (Å²) in [6.07, 6.45) is 4.49. The van der Waals surface area contributed by atoms with Crippen LogP contribution in [0.15, 0.2) is 57.5 Å². The van der Waals surface area contributed by atoms with Crippen LogP contribution in [0.2, 0.25) is 0 Å². The number of benzene rings is 1. The molecule has 3 unspecified atom stereocenters. The summed E-state index contributed by atoms with van der Waals surface area (Å²) in [7, 11) is 0. The maximum Gasteiger partial charge on any atom is 0.326 e. The molecular formula is C40H48N14O14. The number of hydrogen-bond donors (Lipinski definition) is 14. The molecule has 2 aromatic heterocycles. The number of fused-ring (bicyclic) bond motifs is 2. The molecule has 0 spiro atoms. The summed E-state index contributed by atoms with van der Waals surface area (Å²) in [4.78, 5) is 131. The number of carbonyl (C=O) groups is 8. The van der Waals surface area contributed by atoms with Gasteiger partial charge in [-0.05, 0) is 56.4 Å². The first-order valence-electron chi connectivity index (χ1n) is 20.6. The summed E-state index contributed by atoms with van der Waals surface area (Å²) in [6.45, 7) is 0.771. The second kappa shape index (κ2) is 22.8. The minimum atomic E-state index is -1.33. The average Bonchev–Trinajstić information content (AvgIpc) is 3.29. The Bertz CT molecular complexity index is 2610. The number of aliphatic carboxylic acids is 4. The van der Waals surface area contributed by atoms with E-state index in [4.69, 9.17) is 21.7 Å². The molecule has 2 aliphatic heterocycles. The zero-order valence-corrected chi connectivity index (χ0v) is 35.8. The standard InChI is InChI=1S/C20H25N7O7.C20H23N7O7/c2*21-20-25-16-15(18(32)26-20)27(9-28)12(8-23-16)7-22-11-3-1-10(2-4-11)17(31)24-13(19(33)34)5-6-14(29)30/h3,8-10,13,22H,1-2,4-7H2,(H,24,31)(H,29,30)(H,33,34)(H4,21,23,25,26,32);1-4,9,12-13,22H,5-8H2,(H,24,31)(H,29,30)(H,33,34)(H4,21,23,25,26,32)/t10?,13-;/m0./s1. The first-order valence-corrected chi connectivity index (χ1v) is 20.6. The first-order chi connectivity index (χ1) is 32.4. The van der Waals surface area contributed by atoms with Crippen LogP contribution in [0.1, 0.15) is 55.3 Å². The van der Waals surface area contributed by atoms with E-state index < -0.39 is 77.3 Å². The van der Waals surface area contributed by atoms with Crippen LogP contribution in [0.3, 0.4) is 0 Å². The van der Waals surface area contributed by atoms with Gasteiger partial charge in [0.1, 0.15) is 12.1 Å². The molecule has 0 fully saturated rings. The number of amides is 4. The molecule has 16 N–H and O–H groups in total. The monoisotopic (exact) mass is 948 g/mol. The van der Waals surface area contributed by atoms with E-state index in [0.717, 1.165) is 10.6 Å². The molecule has 6 rings (SSSR count).